The van der Waals surface area contributed by atoms with Gasteiger partial charge >= 0.3 is 0 Å². The van der Waals surface area contributed by atoms with Crippen molar-refractivity contribution in [2.75, 3.05) is 19.8 Å². The Kier molecular flexibility index (Phi) is 6.23. The Bertz CT molecular complexity index is 383. The number of hydrogen-bond acceptors (Lipinski definition) is 4. The first kappa shape index (κ1) is 14.9. The number of ether oxygens (including phenoxy) is 3. The molecule has 2 rings (SSSR count). The lowest BCUT2D eigenvalue weighted by Crippen LogP contribution is -2.24. The summed E-state index contributed by atoms with van der Waals surface area (Å²) in [5.41, 5.74) is 1.06. The van der Waals surface area contributed by atoms with E-state index in [0.717, 1.165) is 29.5 Å². The fourth-order valence-electron chi connectivity index (χ4n) is 1.99. The first-order chi connectivity index (χ1) is 9.25. The summed E-state index contributed by atoms with van der Waals surface area (Å²) in [4.78, 5) is 4.13. The Labute approximate surface area is 122 Å². The average molecular weight is 330 g/mol. The van der Waals surface area contributed by atoms with Crippen LogP contribution in [0, 0.1) is 0 Å². The zero-order valence-corrected chi connectivity index (χ0v) is 12.8. The highest BCUT2D eigenvalue weighted by Gasteiger charge is 2.14. The molecule has 0 amide bonds. The molecule has 0 N–H and O–H groups in total. The second-order valence-corrected chi connectivity index (χ2v) is 5.53. The topological polar surface area (TPSA) is 40.6 Å². The standard InChI is InChI=1S/C14H20BrNO3/c1-11(12-8-13(15)10-16-9-12)17-6-7-19-14-4-2-3-5-18-14/h8-11,14H,2-7H2,1H3/t11-,14?/m0/s1. The molecule has 5 heteroatoms. The van der Waals surface area contributed by atoms with Crippen molar-refractivity contribution in [3.05, 3.63) is 28.5 Å². The summed E-state index contributed by atoms with van der Waals surface area (Å²) in [6.07, 6.45) is 6.88. The van der Waals surface area contributed by atoms with Crippen molar-refractivity contribution >= 4 is 15.9 Å². The smallest absolute Gasteiger partial charge is 0.157 e. The zero-order chi connectivity index (χ0) is 13.5. The van der Waals surface area contributed by atoms with Crippen LogP contribution in [0.4, 0.5) is 0 Å². The first-order valence-corrected chi connectivity index (χ1v) is 7.50. The summed E-state index contributed by atoms with van der Waals surface area (Å²) in [5.74, 6) is 0. The molecule has 2 atom stereocenters. The predicted molar refractivity (Wildman–Crippen MR) is 75.8 cm³/mol. The van der Waals surface area contributed by atoms with Crippen molar-refractivity contribution in [3.8, 4) is 0 Å². The van der Waals surface area contributed by atoms with Gasteiger partial charge in [-0.3, -0.25) is 4.98 Å². The van der Waals surface area contributed by atoms with Crippen LogP contribution in [-0.4, -0.2) is 31.1 Å². The molecule has 1 fully saturated rings. The molecule has 1 aliphatic rings. The Balaban J connectivity index is 1.64. The molecule has 19 heavy (non-hydrogen) atoms. The fourth-order valence-corrected chi connectivity index (χ4v) is 2.38. The number of pyridine rings is 1. The molecular formula is C14H20BrNO3. The number of aromatic nitrogens is 1. The molecule has 1 aromatic heterocycles. The first-order valence-electron chi connectivity index (χ1n) is 6.71. The SMILES string of the molecule is C[C@H](OCCOC1CCCCO1)c1cncc(Br)c1. The molecule has 2 heterocycles. The molecule has 1 aliphatic heterocycles. The van der Waals surface area contributed by atoms with Crippen LogP contribution in [-0.2, 0) is 14.2 Å². The summed E-state index contributed by atoms with van der Waals surface area (Å²) in [6.45, 7) is 3.95. The van der Waals surface area contributed by atoms with Gasteiger partial charge in [-0.15, -0.1) is 0 Å². The minimum absolute atomic E-state index is 0.0147. The molecule has 0 spiro atoms. The number of rotatable bonds is 6. The van der Waals surface area contributed by atoms with Gasteiger partial charge in [-0.2, -0.15) is 0 Å². The largest absolute Gasteiger partial charge is 0.371 e. The van der Waals surface area contributed by atoms with E-state index in [1.807, 2.05) is 19.2 Å². The van der Waals surface area contributed by atoms with Crippen molar-refractivity contribution in [3.63, 3.8) is 0 Å². The van der Waals surface area contributed by atoms with Crippen molar-refractivity contribution < 1.29 is 14.2 Å². The van der Waals surface area contributed by atoms with Crippen LogP contribution in [0.3, 0.4) is 0 Å². The van der Waals surface area contributed by atoms with Crippen molar-refractivity contribution in [2.24, 2.45) is 0 Å². The third-order valence-corrected chi connectivity index (χ3v) is 3.52. The summed E-state index contributed by atoms with van der Waals surface area (Å²) >= 11 is 3.41. The normalized spacial score (nSPS) is 21.3. The molecular weight excluding hydrogens is 310 g/mol. The molecule has 106 valence electrons. The summed E-state index contributed by atoms with van der Waals surface area (Å²) in [6, 6.07) is 2.02. The maximum Gasteiger partial charge on any atom is 0.157 e. The van der Waals surface area contributed by atoms with Gasteiger partial charge in [-0.05, 0) is 53.7 Å². The summed E-state index contributed by atoms with van der Waals surface area (Å²) in [7, 11) is 0. The van der Waals surface area contributed by atoms with Gasteiger partial charge in [0.2, 0.25) is 0 Å². The van der Waals surface area contributed by atoms with Crippen LogP contribution >= 0.6 is 15.9 Å². The van der Waals surface area contributed by atoms with E-state index in [1.165, 1.54) is 6.42 Å². The van der Waals surface area contributed by atoms with Gasteiger partial charge in [0.15, 0.2) is 6.29 Å². The molecule has 0 saturated carbocycles. The van der Waals surface area contributed by atoms with E-state index in [-0.39, 0.29) is 12.4 Å². The molecule has 0 aliphatic carbocycles. The summed E-state index contributed by atoms with van der Waals surface area (Å²) in [5, 5.41) is 0. The van der Waals surface area contributed by atoms with E-state index in [0.29, 0.717) is 13.2 Å². The van der Waals surface area contributed by atoms with Gasteiger partial charge < -0.3 is 14.2 Å². The van der Waals surface area contributed by atoms with E-state index >= 15 is 0 Å². The fraction of sp³-hybridized carbons (Fsp3) is 0.643. The predicted octanol–water partition coefficient (Wildman–Crippen LogP) is 3.46. The molecule has 0 aromatic carbocycles. The Morgan fingerprint density at radius 1 is 1.42 bits per heavy atom. The van der Waals surface area contributed by atoms with Crippen LogP contribution in [0.1, 0.15) is 37.9 Å². The number of halogens is 1. The molecule has 4 nitrogen and oxygen atoms in total. The quantitative estimate of drug-likeness (QED) is 0.749. The van der Waals surface area contributed by atoms with Gasteiger partial charge in [0.05, 0.1) is 19.3 Å². The maximum atomic E-state index is 5.73. The van der Waals surface area contributed by atoms with Gasteiger partial charge in [0.25, 0.3) is 0 Å². The molecule has 1 unspecified atom stereocenters. The Morgan fingerprint density at radius 2 is 2.32 bits per heavy atom. The third kappa shape index (κ3) is 5.18. The van der Waals surface area contributed by atoms with Crippen molar-refractivity contribution in [1.82, 2.24) is 4.98 Å². The van der Waals surface area contributed by atoms with E-state index < -0.39 is 0 Å². The highest BCUT2D eigenvalue weighted by atomic mass is 79.9. The van der Waals surface area contributed by atoms with E-state index in [2.05, 4.69) is 20.9 Å². The van der Waals surface area contributed by atoms with E-state index in [9.17, 15) is 0 Å². The monoisotopic (exact) mass is 329 g/mol. The highest BCUT2D eigenvalue weighted by molar-refractivity contribution is 9.10. The number of hydrogen-bond donors (Lipinski definition) is 0. The average Bonchev–Trinajstić information content (AvgIpc) is 2.44. The lowest BCUT2D eigenvalue weighted by molar-refractivity contribution is -0.171. The van der Waals surface area contributed by atoms with Crippen LogP contribution in [0.2, 0.25) is 0 Å². The molecule has 1 aromatic rings. The minimum atomic E-state index is -0.0415. The van der Waals surface area contributed by atoms with Crippen LogP contribution < -0.4 is 0 Å². The highest BCUT2D eigenvalue weighted by Crippen LogP contribution is 2.19. The van der Waals surface area contributed by atoms with Crippen molar-refractivity contribution in [1.29, 1.82) is 0 Å². The Morgan fingerprint density at radius 3 is 3.05 bits per heavy atom. The van der Waals surface area contributed by atoms with Crippen LogP contribution in [0.25, 0.3) is 0 Å². The van der Waals surface area contributed by atoms with Gasteiger partial charge in [-0.1, -0.05) is 0 Å². The van der Waals surface area contributed by atoms with Gasteiger partial charge in [0, 0.05) is 23.5 Å². The molecule has 0 radical (unpaired) electrons. The van der Waals surface area contributed by atoms with Crippen molar-refractivity contribution in [2.45, 2.75) is 38.6 Å². The van der Waals surface area contributed by atoms with Gasteiger partial charge in [0.1, 0.15) is 0 Å². The Hall–Kier alpha value is -0.490. The second-order valence-electron chi connectivity index (χ2n) is 4.62. The van der Waals surface area contributed by atoms with Gasteiger partial charge in [-0.25, -0.2) is 0 Å². The number of nitrogens with zero attached hydrogens (tertiary/aromatic N) is 1. The minimum Gasteiger partial charge on any atom is -0.371 e. The lowest BCUT2D eigenvalue weighted by atomic mass is 10.2. The van der Waals surface area contributed by atoms with Crippen LogP contribution in [0.15, 0.2) is 22.9 Å². The van der Waals surface area contributed by atoms with E-state index in [4.69, 9.17) is 14.2 Å². The van der Waals surface area contributed by atoms with Crippen LogP contribution in [0.5, 0.6) is 0 Å². The van der Waals surface area contributed by atoms with E-state index in [1.54, 1.807) is 6.20 Å². The second kappa shape index (κ2) is 7.94. The summed E-state index contributed by atoms with van der Waals surface area (Å²) < 4.78 is 17.8. The third-order valence-electron chi connectivity index (χ3n) is 3.09. The maximum absolute atomic E-state index is 5.73. The zero-order valence-electron chi connectivity index (χ0n) is 11.2. The molecule has 1 saturated heterocycles. The lowest BCUT2D eigenvalue weighted by Gasteiger charge is -2.23. The molecule has 0 bridgehead atoms.